The van der Waals surface area contributed by atoms with Crippen LogP contribution in [0.1, 0.15) is 44.1 Å². The molecule has 2 saturated heterocycles. The predicted molar refractivity (Wildman–Crippen MR) is 167 cm³/mol. The number of phenols is 1. The molecular weight excluding hydrogens is 722 g/mol. The zero-order valence-electron chi connectivity index (χ0n) is 24.3. The van der Waals surface area contributed by atoms with Crippen LogP contribution in [0.5, 0.6) is 11.5 Å². The number of phenolic OH excluding ortho intramolecular Hbond substituents is 1. The molecule has 2 aliphatic carbocycles. The number of aliphatic carboxylic acids is 1. The monoisotopic (exact) mass is 750 g/mol. The van der Waals surface area contributed by atoms with Crippen molar-refractivity contribution in [1.29, 1.82) is 0 Å². The Kier molecular flexibility index (Phi) is 7.95. The molecule has 0 unspecified atom stereocenters. The van der Waals surface area contributed by atoms with E-state index in [-0.39, 0.29) is 60.3 Å². The summed E-state index contributed by atoms with van der Waals surface area (Å²) in [5.74, 6) is -7.15. The van der Waals surface area contributed by atoms with Gasteiger partial charge >= 0.3 is 5.97 Å². The molecule has 4 amide bonds. The minimum Gasteiger partial charge on any atom is -0.504 e. The summed E-state index contributed by atoms with van der Waals surface area (Å²) in [4.78, 5) is 69.2. The summed E-state index contributed by atoms with van der Waals surface area (Å²) in [6, 6.07) is 6.97. The summed E-state index contributed by atoms with van der Waals surface area (Å²) in [5.41, 5.74) is 0.0963. The molecule has 2 aromatic rings. The SMILES string of the molecule is COc1cc([C@H]2C3=CC[C@@H]4C(=O)N(CCCC(=O)O)C(=O)[C@@H]4[C@@H]3C[C@H]3C(=O)N(c4ccc(F)c(Cl)c4)C(=O)[C@@]23C)cc(I)c1O. The minimum absolute atomic E-state index is 0.0204. The van der Waals surface area contributed by atoms with Crippen molar-refractivity contribution in [3.05, 3.63) is 62.0 Å². The van der Waals surface area contributed by atoms with Gasteiger partial charge in [-0.3, -0.25) is 28.9 Å². The lowest BCUT2D eigenvalue weighted by atomic mass is 9.51. The molecule has 13 heteroatoms. The lowest BCUT2D eigenvalue weighted by Gasteiger charge is -2.49. The third-order valence-electron chi connectivity index (χ3n) is 9.90. The molecular formula is C32H29ClFIN2O8. The summed E-state index contributed by atoms with van der Waals surface area (Å²) >= 11 is 8.00. The Balaban J connectivity index is 1.48. The fourth-order valence-corrected chi connectivity index (χ4v) is 8.66. The van der Waals surface area contributed by atoms with Gasteiger partial charge in [-0.05, 0) is 90.6 Å². The third-order valence-corrected chi connectivity index (χ3v) is 11.0. The Hall–Kier alpha value is -3.52. The molecule has 10 nitrogen and oxygen atoms in total. The number of carbonyl (C=O) groups is 5. The van der Waals surface area contributed by atoms with Gasteiger partial charge in [0, 0.05) is 18.9 Å². The van der Waals surface area contributed by atoms with Gasteiger partial charge in [0.25, 0.3) is 0 Å². The summed E-state index contributed by atoms with van der Waals surface area (Å²) in [5, 5.41) is 19.4. The first-order valence-corrected chi connectivity index (χ1v) is 15.9. The number of carboxylic acid groups (broad SMARTS) is 1. The number of benzene rings is 2. The first kappa shape index (κ1) is 31.5. The number of likely N-dealkylation sites (tertiary alicyclic amines) is 1. The van der Waals surface area contributed by atoms with Crippen LogP contribution in [0.4, 0.5) is 10.1 Å². The molecule has 236 valence electrons. The van der Waals surface area contributed by atoms with Gasteiger partial charge in [-0.25, -0.2) is 9.29 Å². The highest BCUT2D eigenvalue weighted by atomic mass is 127. The Morgan fingerprint density at radius 1 is 1.13 bits per heavy atom. The van der Waals surface area contributed by atoms with E-state index in [1.807, 2.05) is 28.7 Å². The van der Waals surface area contributed by atoms with E-state index in [4.69, 9.17) is 21.4 Å². The average Bonchev–Trinajstić information content (AvgIpc) is 3.35. The van der Waals surface area contributed by atoms with E-state index in [0.29, 0.717) is 9.13 Å². The van der Waals surface area contributed by atoms with Crippen LogP contribution in [-0.4, -0.2) is 58.4 Å². The molecule has 0 aromatic heterocycles. The number of amides is 4. The maximum Gasteiger partial charge on any atom is 0.303 e. The second-order valence-electron chi connectivity index (χ2n) is 12.1. The second-order valence-corrected chi connectivity index (χ2v) is 13.7. The maximum absolute atomic E-state index is 14.5. The van der Waals surface area contributed by atoms with Crippen LogP contribution in [0.3, 0.4) is 0 Å². The summed E-state index contributed by atoms with van der Waals surface area (Å²) in [6.45, 7) is 1.69. The molecule has 1 saturated carbocycles. The number of hydrogen-bond acceptors (Lipinski definition) is 7. The molecule has 6 rings (SSSR count). The van der Waals surface area contributed by atoms with E-state index in [1.165, 1.54) is 19.2 Å². The van der Waals surface area contributed by atoms with Crippen molar-refractivity contribution in [3.63, 3.8) is 0 Å². The number of rotatable bonds is 7. The van der Waals surface area contributed by atoms with Gasteiger partial charge in [0.1, 0.15) is 5.82 Å². The number of nitrogens with zero attached hydrogens (tertiary/aromatic N) is 2. The van der Waals surface area contributed by atoms with Crippen LogP contribution in [-0.2, 0) is 24.0 Å². The van der Waals surface area contributed by atoms with Gasteiger partial charge in [-0.2, -0.15) is 0 Å². The van der Waals surface area contributed by atoms with Crippen LogP contribution in [0.2, 0.25) is 5.02 Å². The van der Waals surface area contributed by atoms with Crippen molar-refractivity contribution in [1.82, 2.24) is 4.90 Å². The van der Waals surface area contributed by atoms with Gasteiger partial charge in [-0.15, -0.1) is 0 Å². The molecule has 6 atom stereocenters. The van der Waals surface area contributed by atoms with E-state index in [2.05, 4.69) is 0 Å². The van der Waals surface area contributed by atoms with Gasteiger partial charge in [0.05, 0.1) is 44.6 Å². The number of halogens is 3. The number of anilines is 1. The number of aromatic hydroxyl groups is 1. The number of carbonyl (C=O) groups excluding carboxylic acids is 4. The number of ether oxygens (including phenoxy) is 1. The standard InChI is InChI=1S/C32H29ClFIN2O8/c1-32-19(29(42)37(31(32)44)15-5-8-21(34)20(33)12-15)13-18-16(26(32)14-10-22(35)27(40)23(11-14)45-2)6-7-17-25(18)30(43)36(28(17)41)9-3-4-24(38)39/h5-6,8,10-12,17-19,25-26,40H,3-4,7,9,13H2,1-2H3,(H,38,39)/t17-,18+,19-,25-,26-,32+/m0/s1. The number of carboxylic acids is 1. The normalized spacial score (nSPS) is 29.0. The highest BCUT2D eigenvalue weighted by molar-refractivity contribution is 14.1. The van der Waals surface area contributed by atoms with Crippen molar-refractivity contribution in [2.75, 3.05) is 18.6 Å². The summed E-state index contributed by atoms with van der Waals surface area (Å²) in [6.07, 6.45) is 2.17. The van der Waals surface area contributed by atoms with Gasteiger partial charge < -0.3 is 14.9 Å². The third kappa shape index (κ3) is 4.74. The fraction of sp³-hybridized carbons (Fsp3) is 0.406. The first-order valence-electron chi connectivity index (χ1n) is 14.5. The van der Waals surface area contributed by atoms with E-state index < -0.39 is 64.5 Å². The van der Waals surface area contributed by atoms with E-state index >= 15 is 0 Å². The molecule has 2 N–H and O–H groups in total. The molecule has 2 heterocycles. The van der Waals surface area contributed by atoms with Gasteiger partial charge in [0.15, 0.2) is 11.5 Å². The Morgan fingerprint density at radius 3 is 2.53 bits per heavy atom. The number of fused-ring (bicyclic) bond motifs is 4. The van der Waals surface area contributed by atoms with Crippen LogP contribution in [0, 0.1) is 38.5 Å². The zero-order chi connectivity index (χ0) is 32.5. The fourth-order valence-electron chi connectivity index (χ4n) is 7.86. The van der Waals surface area contributed by atoms with Gasteiger partial charge in [0.2, 0.25) is 23.6 Å². The molecule has 0 radical (unpaired) electrons. The Bertz CT molecular complexity index is 1710. The summed E-state index contributed by atoms with van der Waals surface area (Å²) < 4.78 is 20.0. The summed E-state index contributed by atoms with van der Waals surface area (Å²) in [7, 11) is 1.40. The quantitative estimate of drug-likeness (QED) is 0.232. The number of methoxy groups -OCH3 is 1. The highest BCUT2D eigenvalue weighted by Crippen LogP contribution is 2.64. The lowest BCUT2D eigenvalue weighted by Crippen LogP contribution is -2.49. The molecule has 2 aliphatic heterocycles. The van der Waals surface area contributed by atoms with Crippen molar-refractivity contribution < 1.29 is 43.3 Å². The van der Waals surface area contributed by atoms with Crippen LogP contribution in [0.25, 0.3) is 0 Å². The topological polar surface area (TPSA) is 142 Å². The molecule has 0 bridgehead atoms. The minimum atomic E-state index is -1.36. The number of imide groups is 2. The smallest absolute Gasteiger partial charge is 0.303 e. The Morgan fingerprint density at radius 2 is 1.87 bits per heavy atom. The van der Waals surface area contributed by atoms with Crippen LogP contribution in [0.15, 0.2) is 42.0 Å². The lowest BCUT2D eigenvalue weighted by molar-refractivity contribution is -0.142. The van der Waals surface area contributed by atoms with Crippen molar-refractivity contribution in [3.8, 4) is 11.5 Å². The van der Waals surface area contributed by atoms with E-state index in [1.54, 1.807) is 19.1 Å². The van der Waals surface area contributed by atoms with E-state index in [0.717, 1.165) is 21.4 Å². The first-order chi connectivity index (χ1) is 21.3. The number of hydrogen-bond donors (Lipinski definition) is 2. The van der Waals surface area contributed by atoms with Gasteiger partial charge in [-0.1, -0.05) is 23.3 Å². The van der Waals surface area contributed by atoms with Crippen LogP contribution < -0.4 is 9.64 Å². The zero-order valence-corrected chi connectivity index (χ0v) is 27.2. The van der Waals surface area contributed by atoms with Crippen molar-refractivity contribution in [2.45, 2.75) is 38.5 Å². The predicted octanol–water partition coefficient (Wildman–Crippen LogP) is 4.89. The molecule has 2 aromatic carbocycles. The number of allylic oxidation sites excluding steroid dienone is 2. The largest absolute Gasteiger partial charge is 0.504 e. The molecule has 4 aliphatic rings. The van der Waals surface area contributed by atoms with E-state index in [9.17, 15) is 33.5 Å². The molecule has 3 fully saturated rings. The maximum atomic E-state index is 14.5. The highest BCUT2D eigenvalue weighted by Gasteiger charge is 2.67. The molecule has 0 spiro atoms. The van der Waals surface area contributed by atoms with Crippen LogP contribution >= 0.6 is 34.2 Å². The van der Waals surface area contributed by atoms with Crippen molar-refractivity contribution in [2.24, 2.45) is 29.1 Å². The second kappa shape index (κ2) is 11.4. The molecule has 45 heavy (non-hydrogen) atoms. The Labute approximate surface area is 276 Å². The average molecular weight is 751 g/mol. The van der Waals surface area contributed by atoms with Crippen molar-refractivity contribution >= 4 is 69.5 Å².